The van der Waals surface area contributed by atoms with Gasteiger partial charge in [-0.3, -0.25) is 4.79 Å². The molecule has 2 heterocycles. The number of anilines is 1. The molecule has 1 aromatic heterocycles. The fourth-order valence-electron chi connectivity index (χ4n) is 5.50. The van der Waals surface area contributed by atoms with Gasteiger partial charge in [0.25, 0.3) is 5.91 Å². The molecule has 3 aromatic rings. The first-order valence-electron chi connectivity index (χ1n) is 12.6. The summed E-state index contributed by atoms with van der Waals surface area (Å²) in [5.74, 6) is 0.259. The highest BCUT2D eigenvalue weighted by Gasteiger charge is 2.36. The fraction of sp³-hybridized carbons (Fsp3) is 0.400. The van der Waals surface area contributed by atoms with E-state index in [1.807, 2.05) is 24.3 Å². The predicted molar refractivity (Wildman–Crippen MR) is 146 cm³/mol. The Hall–Kier alpha value is -3.34. The molecule has 1 atom stereocenters. The van der Waals surface area contributed by atoms with E-state index in [4.69, 9.17) is 0 Å². The van der Waals surface area contributed by atoms with Gasteiger partial charge in [0.2, 0.25) is 0 Å². The number of rotatable bonds is 6. The molecule has 4 rings (SSSR count). The molecule has 1 aliphatic heterocycles. The summed E-state index contributed by atoms with van der Waals surface area (Å²) in [6.45, 7) is 16.6. The molecule has 0 fully saturated rings. The number of amides is 1. The van der Waals surface area contributed by atoms with Gasteiger partial charge in [-0.15, -0.1) is 0 Å². The van der Waals surface area contributed by atoms with E-state index >= 15 is 0 Å². The quantitative estimate of drug-likeness (QED) is 0.323. The minimum Gasteiger partial charge on any atom is -0.366 e. The Bertz CT molecular complexity index is 1230. The second-order valence-electron chi connectivity index (χ2n) is 10.5. The summed E-state index contributed by atoms with van der Waals surface area (Å²) in [6.07, 6.45) is 4.01. The van der Waals surface area contributed by atoms with Gasteiger partial charge in [0.05, 0.1) is 6.21 Å². The van der Waals surface area contributed by atoms with Crippen LogP contribution in [-0.2, 0) is 0 Å². The molecular formula is C30H38N4O. The predicted octanol–water partition coefficient (Wildman–Crippen LogP) is 6.67. The average Bonchev–Trinajstić information content (AvgIpc) is 3.15. The van der Waals surface area contributed by atoms with Crippen LogP contribution in [0.15, 0.2) is 53.6 Å². The molecule has 0 spiro atoms. The van der Waals surface area contributed by atoms with Gasteiger partial charge in [0.15, 0.2) is 0 Å². The Balaban J connectivity index is 1.50. The molecule has 2 aromatic carbocycles. The zero-order chi connectivity index (χ0) is 25.3. The van der Waals surface area contributed by atoms with E-state index in [0.29, 0.717) is 11.5 Å². The van der Waals surface area contributed by atoms with Crippen LogP contribution in [0.3, 0.4) is 0 Å². The SMILES string of the molecule is CCCN1c2cc(C)c(/C=N\NC(=O)c3ccc(-n4c(C)ccc4C)cc3)cc2C(C)CC1(C)C. The number of hydrogen-bond donors (Lipinski definition) is 1. The van der Waals surface area contributed by atoms with E-state index in [1.165, 1.54) is 22.6 Å². The lowest BCUT2D eigenvalue weighted by atomic mass is 9.79. The van der Waals surface area contributed by atoms with Crippen LogP contribution in [0.25, 0.3) is 5.69 Å². The maximum atomic E-state index is 12.7. The summed E-state index contributed by atoms with van der Waals surface area (Å²) in [5.41, 5.74) is 11.7. The van der Waals surface area contributed by atoms with Crippen molar-refractivity contribution in [3.63, 3.8) is 0 Å². The molecule has 1 aliphatic rings. The zero-order valence-corrected chi connectivity index (χ0v) is 22.1. The van der Waals surface area contributed by atoms with Crippen molar-refractivity contribution in [2.75, 3.05) is 11.4 Å². The Morgan fingerprint density at radius 1 is 1.09 bits per heavy atom. The van der Waals surface area contributed by atoms with Crippen molar-refractivity contribution in [3.8, 4) is 5.69 Å². The number of nitrogens with one attached hydrogen (secondary N) is 1. The molecular weight excluding hydrogens is 432 g/mol. The molecule has 5 nitrogen and oxygen atoms in total. The third kappa shape index (κ3) is 4.90. The van der Waals surface area contributed by atoms with Crippen molar-refractivity contribution in [3.05, 3.63) is 82.2 Å². The van der Waals surface area contributed by atoms with E-state index in [0.717, 1.165) is 36.2 Å². The summed E-state index contributed by atoms with van der Waals surface area (Å²) in [7, 11) is 0. The van der Waals surface area contributed by atoms with Crippen molar-refractivity contribution in [1.29, 1.82) is 0 Å². The number of benzene rings is 2. The first-order valence-corrected chi connectivity index (χ1v) is 12.6. The van der Waals surface area contributed by atoms with Crippen LogP contribution in [0, 0.1) is 20.8 Å². The number of hydrazone groups is 1. The summed E-state index contributed by atoms with van der Waals surface area (Å²) in [5, 5.41) is 4.29. The van der Waals surface area contributed by atoms with Crippen LogP contribution < -0.4 is 10.3 Å². The van der Waals surface area contributed by atoms with Gasteiger partial charge >= 0.3 is 0 Å². The van der Waals surface area contributed by atoms with Crippen LogP contribution >= 0.6 is 0 Å². The fourth-order valence-corrected chi connectivity index (χ4v) is 5.50. The first kappa shape index (κ1) is 24.8. The number of aromatic nitrogens is 1. The van der Waals surface area contributed by atoms with Crippen molar-refractivity contribution < 1.29 is 4.79 Å². The summed E-state index contributed by atoms with van der Waals surface area (Å²) in [6, 6.07) is 16.3. The molecule has 1 unspecified atom stereocenters. The number of nitrogens with zero attached hydrogens (tertiary/aromatic N) is 3. The Kier molecular flexibility index (Phi) is 6.88. The first-order chi connectivity index (χ1) is 16.6. The third-order valence-corrected chi connectivity index (χ3v) is 7.25. The minimum atomic E-state index is -0.214. The Labute approximate surface area is 209 Å². The number of hydrogen-bond acceptors (Lipinski definition) is 3. The molecule has 0 saturated carbocycles. The van der Waals surface area contributed by atoms with Gasteiger partial charge in [-0.1, -0.05) is 13.8 Å². The standard InChI is InChI=1S/C30H38N4O/c1-8-15-33-28-16-20(2)25(17-27(28)21(3)18-30(33,6)7)19-31-32-29(35)24-11-13-26(14-12-24)34-22(4)9-10-23(34)5/h9-14,16-17,19,21H,8,15,18H2,1-7H3,(H,32,35)/b31-19-. The highest BCUT2D eigenvalue weighted by molar-refractivity contribution is 5.95. The maximum Gasteiger partial charge on any atom is 0.271 e. The molecule has 5 heteroatoms. The van der Waals surface area contributed by atoms with E-state index in [-0.39, 0.29) is 11.4 Å². The normalized spacial score (nSPS) is 17.0. The number of fused-ring (bicyclic) bond motifs is 1. The van der Waals surface area contributed by atoms with E-state index in [9.17, 15) is 4.79 Å². The average molecular weight is 471 g/mol. The lowest BCUT2D eigenvalue weighted by Crippen LogP contribution is -2.48. The van der Waals surface area contributed by atoms with Gasteiger partial charge in [-0.05, 0) is 119 Å². The van der Waals surface area contributed by atoms with Crippen molar-refractivity contribution in [2.45, 2.75) is 72.8 Å². The van der Waals surface area contributed by atoms with Crippen LogP contribution in [0.2, 0.25) is 0 Å². The lowest BCUT2D eigenvalue weighted by Gasteiger charge is -2.48. The smallest absolute Gasteiger partial charge is 0.271 e. The largest absolute Gasteiger partial charge is 0.366 e. The van der Waals surface area contributed by atoms with Gasteiger partial charge < -0.3 is 9.47 Å². The van der Waals surface area contributed by atoms with E-state index in [1.54, 1.807) is 6.21 Å². The highest BCUT2D eigenvalue weighted by atomic mass is 16.2. The lowest BCUT2D eigenvalue weighted by molar-refractivity contribution is 0.0955. The number of aryl methyl sites for hydroxylation is 3. The van der Waals surface area contributed by atoms with Crippen LogP contribution in [0.5, 0.6) is 0 Å². The second kappa shape index (κ2) is 9.73. The number of carbonyl (C=O) groups excluding carboxylic acids is 1. The molecule has 0 saturated heterocycles. The monoisotopic (exact) mass is 470 g/mol. The van der Waals surface area contributed by atoms with Gasteiger partial charge in [0, 0.05) is 40.4 Å². The summed E-state index contributed by atoms with van der Waals surface area (Å²) >= 11 is 0. The minimum absolute atomic E-state index is 0.146. The van der Waals surface area contributed by atoms with E-state index < -0.39 is 0 Å². The number of carbonyl (C=O) groups is 1. The second-order valence-corrected chi connectivity index (χ2v) is 10.5. The molecule has 0 bridgehead atoms. The summed E-state index contributed by atoms with van der Waals surface area (Å²) < 4.78 is 2.17. The highest BCUT2D eigenvalue weighted by Crippen LogP contribution is 2.44. The molecule has 1 N–H and O–H groups in total. The molecule has 1 amide bonds. The summed E-state index contributed by atoms with van der Waals surface area (Å²) in [4.78, 5) is 15.2. The topological polar surface area (TPSA) is 49.6 Å². The molecule has 0 radical (unpaired) electrons. The van der Waals surface area contributed by atoms with Crippen LogP contribution in [-0.4, -0.2) is 28.8 Å². The van der Waals surface area contributed by atoms with Crippen molar-refractivity contribution in [2.24, 2.45) is 5.10 Å². The molecule has 35 heavy (non-hydrogen) atoms. The van der Waals surface area contributed by atoms with Gasteiger partial charge in [-0.25, -0.2) is 5.43 Å². The zero-order valence-electron chi connectivity index (χ0n) is 22.1. The van der Waals surface area contributed by atoms with Crippen LogP contribution in [0.1, 0.15) is 84.9 Å². The Morgan fingerprint density at radius 2 is 1.74 bits per heavy atom. The van der Waals surface area contributed by atoms with E-state index in [2.05, 4.69) is 92.7 Å². The maximum absolute atomic E-state index is 12.7. The van der Waals surface area contributed by atoms with Gasteiger partial charge in [-0.2, -0.15) is 5.10 Å². The van der Waals surface area contributed by atoms with Crippen molar-refractivity contribution in [1.82, 2.24) is 9.99 Å². The molecule has 184 valence electrons. The molecule has 0 aliphatic carbocycles. The van der Waals surface area contributed by atoms with Crippen molar-refractivity contribution >= 4 is 17.8 Å². The van der Waals surface area contributed by atoms with Crippen LogP contribution in [0.4, 0.5) is 5.69 Å². The van der Waals surface area contributed by atoms with Gasteiger partial charge in [0.1, 0.15) is 0 Å². The Morgan fingerprint density at radius 3 is 2.37 bits per heavy atom. The third-order valence-electron chi connectivity index (χ3n) is 7.25.